The maximum absolute atomic E-state index is 17.5. The highest BCUT2D eigenvalue weighted by atomic mass is 32.1. The first kappa shape index (κ1) is 35.5. The monoisotopic (exact) mass is 765 g/mol. The van der Waals surface area contributed by atoms with Gasteiger partial charge in [0.25, 0.3) is 0 Å². The molecule has 3 aliphatic rings. The third-order valence-electron chi connectivity index (χ3n) is 10.5. The molecule has 18 heteroatoms. The Hall–Kier alpha value is -5.54. The third kappa shape index (κ3) is 5.56. The van der Waals surface area contributed by atoms with E-state index in [1.54, 1.807) is 24.0 Å². The number of ether oxygens (including phenoxy) is 2. The van der Waals surface area contributed by atoms with Gasteiger partial charge in [-0.1, -0.05) is 17.3 Å². The number of hydrogen-bond donors (Lipinski definition) is 2. The summed E-state index contributed by atoms with van der Waals surface area (Å²) in [5, 5.41) is 13.4. The Morgan fingerprint density at radius 1 is 1.17 bits per heavy atom. The lowest BCUT2D eigenvalue weighted by Gasteiger charge is -2.32. The fraction of sp³-hybridized carbons (Fsp3) is 0.361. The van der Waals surface area contributed by atoms with Crippen molar-refractivity contribution < 1.29 is 36.3 Å². The van der Waals surface area contributed by atoms with Gasteiger partial charge in [0.05, 0.1) is 39.5 Å². The zero-order chi connectivity index (χ0) is 38.1. The Labute approximate surface area is 308 Å². The van der Waals surface area contributed by atoms with Crippen LogP contribution in [0.2, 0.25) is 0 Å². The van der Waals surface area contributed by atoms with E-state index in [4.69, 9.17) is 25.8 Å². The van der Waals surface area contributed by atoms with Crippen molar-refractivity contribution in [3.63, 3.8) is 0 Å². The van der Waals surface area contributed by atoms with Gasteiger partial charge >= 0.3 is 12.2 Å². The van der Waals surface area contributed by atoms with Crippen LogP contribution in [-0.4, -0.2) is 71.1 Å². The Balaban J connectivity index is 1.40. The highest BCUT2D eigenvalue weighted by Gasteiger charge is 2.49. The van der Waals surface area contributed by atoms with E-state index in [1.807, 2.05) is 6.07 Å². The van der Waals surface area contributed by atoms with E-state index in [1.165, 1.54) is 13.3 Å². The van der Waals surface area contributed by atoms with Crippen LogP contribution in [0.3, 0.4) is 0 Å². The molecule has 2 atom stereocenters. The van der Waals surface area contributed by atoms with E-state index in [9.17, 15) is 5.26 Å². The number of anilines is 3. The molecule has 3 aliphatic heterocycles. The van der Waals surface area contributed by atoms with Crippen molar-refractivity contribution >= 4 is 54.7 Å². The lowest BCUT2D eigenvalue weighted by atomic mass is 9.91. The highest BCUT2D eigenvalue weighted by Crippen LogP contribution is 2.54. The lowest BCUT2D eigenvalue weighted by molar-refractivity contribution is -0.138. The number of rotatable bonds is 7. The van der Waals surface area contributed by atoms with Crippen molar-refractivity contribution in [2.24, 2.45) is 5.16 Å². The quantitative estimate of drug-likeness (QED) is 0.132. The van der Waals surface area contributed by atoms with Crippen LogP contribution < -0.4 is 25.8 Å². The van der Waals surface area contributed by atoms with E-state index >= 15 is 22.0 Å². The average Bonchev–Trinajstić information content (AvgIpc) is 3.75. The molecule has 0 bridgehead atoms. The summed E-state index contributed by atoms with van der Waals surface area (Å²) < 4.78 is 91.0. The van der Waals surface area contributed by atoms with E-state index in [-0.39, 0.29) is 63.4 Å². The van der Waals surface area contributed by atoms with Crippen molar-refractivity contribution in [3.8, 4) is 29.0 Å². The smallest absolute Gasteiger partial charge is 0.420 e. The van der Waals surface area contributed by atoms with E-state index in [0.717, 1.165) is 37.2 Å². The largest absolute Gasteiger partial charge is 0.490 e. The van der Waals surface area contributed by atoms with Gasteiger partial charge in [-0.25, -0.2) is 13.8 Å². The number of alkyl halides is 3. The minimum absolute atomic E-state index is 0.00101. The molecule has 280 valence electrons. The molecular weight excluding hydrogens is 734 g/mol. The zero-order valence-electron chi connectivity index (χ0n) is 28.9. The van der Waals surface area contributed by atoms with Crippen LogP contribution in [-0.2, 0) is 11.0 Å². The fourth-order valence-electron chi connectivity index (χ4n) is 8.09. The number of aromatic nitrogens is 3. The van der Waals surface area contributed by atoms with Crippen molar-refractivity contribution in [3.05, 3.63) is 58.8 Å². The summed E-state index contributed by atoms with van der Waals surface area (Å²) in [6.07, 6.45) is -1.51. The van der Waals surface area contributed by atoms with Gasteiger partial charge in [0.2, 0.25) is 0 Å². The Morgan fingerprint density at radius 2 is 1.98 bits per heavy atom. The molecule has 2 saturated heterocycles. The average molecular weight is 766 g/mol. The zero-order valence-corrected chi connectivity index (χ0v) is 29.7. The molecule has 54 heavy (non-hydrogen) atoms. The first-order valence-electron chi connectivity index (χ1n) is 17.0. The van der Waals surface area contributed by atoms with Crippen LogP contribution in [0.25, 0.3) is 32.1 Å². The van der Waals surface area contributed by atoms with Crippen LogP contribution in [0.5, 0.6) is 11.8 Å². The predicted molar refractivity (Wildman–Crippen MR) is 192 cm³/mol. The number of oxime groups is 1. The molecule has 0 spiro atoms. The lowest BCUT2D eigenvalue weighted by Crippen LogP contribution is -2.43. The molecule has 6 heterocycles. The molecule has 5 aromatic rings. The summed E-state index contributed by atoms with van der Waals surface area (Å²) in [7, 11) is 1.47. The molecular formula is C36H32F5N9O3S. The molecule has 12 nitrogen and oxygen atoms in total. The fourth-order valence-corrected chi connectivity index (χ4v) is 9.04. The minimum atomic E-state index is -5.22. The summed E-state index contributed by atoms with van der Waals surface area (Å²) in [4.78, 5) is 22.2. The summed E-state index contributed by atoms with van der Waals surface area (Å²) in [6, 6.07) is 6.24. The first-order valence-corrected chi connectivity index (χ1v) is 17.8. The van der Waals surface area contributed by atoms with Gasteiger partial charge in [-0.05, 0) is 44.0 Å². The Morgan fingerprint density at radius 3 is 2.72 bits per heavy atom. The Bertz CT molecular complexity index is 2420. The second-order valence-electron chi connectivity index (χ2n) is 13.4. The highest BCUT2D eigenvalue weighted by molar-refractivity contribution is 7.23. The second-order valence-corrected chi connectivity index (χ2v) is 14.5. The van der Waals surface area contributed by atoms with Crippen molar-refractivity contribution in [1.29, 1.82) is 5.26 Å². The van der Waals surface area contributed by atoms with Crippen molar-refractivity contribution in [2.75, 3.05) is 56.3 Å². The second kappa shape index (κ2) is 13.1. The number of nitrogens with zero attached hydrogens (tertiary/aromatic N) is 7. The summed E-state index contributed by atoms with van der Waals surface area (Å²) in [5.74, 6) is -2.84. The third-order valence-corrected chi connectivity index (χ3v) is 11.5. The van der Waals surface area contributed by atoms with Gasteiger partial charge in [-0.15, -0.1) is 11.3 Å². The number of nitrogens with two attached hydrogens (primary N) is 2. The molecule has 0 unspecified atom stereocenters. The van der Waals surface area contributed by atoms with Gasteiger partial charge < -0.3 is 30.7 Å². The molecule has 0 saturated carbocycles. The maximum Gasteiger partial charge on any atom is 0.420 e. The van der Waals surface area contributed by atoms with Gasteiger partial charge in [0.1, 0.15) is 65.7 Å². The number of hydrogen-bond acceptors (Lipinski definition) is 13. The molecule has 0 amide bonds. The molecule has 2 fully saturated rings. The number of nitrogen functional groups attached to an aromatic ring is 2. The number of pyridine rings is 1. The van der Waals surface area contributed by atoms with Gasteiger partial charge in [0.15, 0.2) is 5.82 Å². The van der Waals surface area contributed by atoms with Gasteiger partial charge in [0, 0.05) is 35.7 Å². The maximum atomic E-state index is 17.5. The summed E-state index contributed by atoms with van der Waals surface area (Å²) >= 11 is 0.680. The number of nitriles is 1. The molecule has 0 aliphatic carbocycles. The summed E-state index contributed by atoms with van der Waals surface area (Å²) in [6.45, 7) is 2.92. The molecule has 0 radical (unpaired) electrons. The van der Waals surface area contributed by atoms with Gasteiger partial charge in [-0.3, -0.25) is 4.90 Å². The predicted octanol–water partition coefficient (Wildman–Crippen LogP) is 6.82. The van der Waals surface area contributed by atoms with Crippen LogP contribution in [0.4, 0.5) is 38.6 Å². The van der Waals surface area contributed by atoms with Crippen LogP contribution in [0.15, 0.2) is 35.6 Å². The minimum Gasteiger partial charge on any atom is -0.490 e. The standard InChI is InChI=1S/C36H32F5N9O3S/c1-17(19-5-3-9-45-31(19)43)50-11-12-52-29-25-28(46-34(47-33(25)50)53-16-35-8-4-10-49(35)15-18(13-35)48-51-2)27(38)24(26(29)36(39,40)41)20-6-7-22(37)30-23(20)21(14-42)32(44)54-30/h3,5-7,9,17H,4,8,10-13,15-16,44H2,1-2H3,(H2,43,45)/t17-,35+/m1/s1. The Kier molecular flexibility index (Phi) is 8.60. The van der Waals surface area contributed by atoms with Crippen LogP contribution in [0.1, 0.15) is 48.9 Å². The SMILES string of the molecule is CON=C1CN2CCC[C@@]2(COc2nc3c4c(c(C(F)(F)F)c(-c5ccc(F)c6sc(N)c(C#N)c56)c(F)c4n2)OCCN3[C@H](C)c2cccnc2N)C1. The van der Waals surface area contributed by atoms with E-state index < -0.39 is 57.3 Å². The summed E-state index contributed by atoms with van der Waals surface area (Å²) in [5.41, 5.74) is 9.50. The topological polar surface area (TPSA) is 161 Å². The number of fused-ring (bicyclic) bond motifs is 2. The molecule has 8 rings (SSSR count). The van der Waals surface area contributed by atoms with Crippen molar-refractivity contribution in [1.82, 2.24) is 19.9 Å². The molecule has 3 aromatic heterocycles. The van der Waals surface area contributed by atoms with E-state index in [0.29, 0.717) is 29.9 Å². The molecule has 2 aromatic carbocycles. The normalized spacial score (nSPS) is 19.9. The van der Waals surface area contributed by atoms with E-state index in [2.05, 4.69) is 25.0 Å². The van der Waals surface area contributed by atoms with Crippen LogP contribution in [0, 0.1) is 23.0 Å². The first-order chi connectivity index (χ1) is 25.9. The number of halogens is 5. The van der Waals surface area contributed by atoms with Crippen LogP contribution >= 0.6 is 11.3 Å². The van der Waals surface area contributed by atoms with Gasteiger partial charge in [-0.2, -0.15) is 28.4 Å². The number of thiophene rings is 1. The van der Waals surface area contributed by atoms with Crippen molar-refractivity contribution in [2.45, 2.75) is 43.9 Å². The number of benzene rings is 2. The molecule has 4 N–H and O–H groups in total.